The molecule has 2 heterocycles. The summed E-state index contributed by atoms with van der Waals surface area (Å²) in [5.41, 5.74) is 0.0909. The number of likely N-dealkylation sites (N-methyl/N-ethyl adjacent to an activating group) is 1. The van der Waals surface area contributed by atoms with Crippen LogP contribution in [0, 0.1) is 0 Å². The van der Waals surface area contributed by atoms with E-state index < -0.39 is 11.7 Å². The molecule has 0 radical (unpaired) electrons. The first-order valence-electron chi connectivity index (χ1n) is 8.31. The number of hydrogen-bond acceptors (Lipinski definition) is 4. The lowest BCUT2D eigenvalue weighted by molar-refractivity contribution is -0.137. The van der Waals surface area contributed by atoms with Crippen molar-refractivity contribution in [2.75, 3.05) is 38.5 Å². The smallest absolute Gasteiger partial charge is 0.354 e. The topological polar surface area (TPSA) is 48.5 Å². The van der Waals surface area contributed by atoms with Gasteiger partial charge in [0.2, 0.25) is 0 Å². The summed E-state index contributed by atoms with van der Waals surface area (Å²) in [5.74, 6) is -0.152. The fourth-order valence-electron chi connectivity index (χ4n) is 2.75. The molecule has 0 atom stereocenters. The molecule has 2 aromatic rings. The summed E-state index contributed by atoms with van der Waals surface area (Å²) in [6.07, 6.45) is -3.11. The van der Waals surface area contributed by atoms with Gasteiger partial charge in [0.15, 0.2) is 0 Å². The summed E-state index contributed by atoms with van der Waals surface area (Å²) < 4.78 is 38.8. The zero-order valence-electron chi connectivity index (χ0n) is 14.6. The van der Waals surface area contributed by atoms with Crippen LogP contribution in [0.3, 0.4) is 0 Å². The average molecular weight is 399 g/mol. The summed E-state index contributed by atoms with van der Waals surface area (Å²) >= 11 is 5.62. The monoisotopic (exact) mass is 398 g/mol. The van der Waals surface area contributed by atoms with E-state index in [-0.39, 0.29) is 16.6 Å². The van der Waals surface area contributed by atoms with Crippen LogP contribution in [-0.4, -0.2) is 53.9 Å². The quantitative estimate of drug-likeness (QED) is 0.852. The number of anilines is 2. The molecule has 3 rings (SSSR count). The number of amides is 1. The molecule has 0 aliphatic carbocycles. The number of halogens is 4. The molecular formula is C18H18ClF3N4O. The van der Waals surface area contributed by atoms with Crippen molar-refractivity contribution < 1.29 is 18.0 Å². The molecule has 1 N–H and O–H groups in total. The standard InChI is InChI=1S/C18H18ClF3N4O/c1-25-6-8-26(9-7-25)17(27)16-5-3-13(11-23-16)24-12-2-4-15(19)14(10-12)18(20,21)22/h2-5,10-11,24H,6-9H2,1H3. The normalized spacial score (nSPS) is 15.7. The van der Waals surface area contributed by atoms with Gasteiger partial charge >= 0.3 is 6.18 Å². The minimum Gasteiger partial charge on any atom is -0.354 e. The van der Waals surface area contributed by atoms with Gasteiger partial charge in [-0.15, -0.1) is 0 Å². The molecule has 1 saturated heterocycles. The van der Waals surface area contributed by atoms with Crippen LogP contribution in [0.4, 0.5) is 24.5 Å². The Morgan fingerprint density at radius 2 is 1.78 bits per heavy atom. The van der Waals surface area contributed by atoms with E-state index in [2.05, 4.69) is 15.2 Å². The zero-order chi connectivity index (χ0) is 19.6. The summed E-state index contributed by atoms with van der Waals surface area (Å²) in [4.78, 5) is 20.5. The van der Waals surface area contributed by atoms with Gasteiger partial charge in [-0.05, 0) is 37.4 Å². The second-order valence-electron chi connectivity index (χ2n) is 6.34. The lowest BCUT2D eigenvalue weighted by Gasteiger charge is -2.32. The molecule has 0 saturated carbocycles. The van der Waals surface area contributed by atoms with Crippen molar-refractivity contribution in [1.29, 1.82) is 0 Å². The largest absolute Gasteiger partial charge is 0.417 e. The Labute approximate surface area is 159 Å². The lowest BCUT2D eigenvalue weighted by Crippen LogP contribution is -2.47. The van der Waals surface area contributed by atoms with E-state index in [0.29, 0.717) is 24.5 Å². The van der Waals surface area contributed by atoms with Gasteiger partial charge < -0.3 is 15.1 Å². The number of piperazine rings is 1. The van der Waals surface area contributed by atoms with E-state index in [9.17, 15) is 18.0 Å². The van der Waals surface area contributed by atoms with Crippen molar-refractivity contribution in [2.45, 2.75) is 6.18 Å². The van der Waals surface area contributed by atoms with Crippen LogP contribution in [0.1, 0.15) is 16.1 Å². The fourth-order valence-corrected chi connectivity index (χ4v) is 2.98. The van der Waals surface area contributed by atoms with Crippen LogP contribution < -0.4 is 5.32 Å². The number of rotatable bonds is 3. The molecular weight excluding hydrogens is 381 g/mol. The Morgan fingerprint density at radius 3 is 2.37 bits per heavy atom. The summed E-state index contributed by atoms with van der Waals surface area (Å²) in [5, 5.41) is 2.48. The molecule has 144 valence electrons. The van der Waals surface area contributed by atoms with Crippen LogP contribution >= 0.6 is 11.6 Å². The van der Waals surface area contributed by atoms with Gasteiger partial charge in [-0.2, -0.15) is 13.2 Å². The third-order valence-corrected chi connectivity index (χ3v) is 4.66. The van der Waals surface area contributed by atoms with E-state index >= 15 is 0 Å². The maximum atomic E-state index is 12.9. The highest BCUT2D eigenvalue weighted by molar-refractivity contribution is 6.31. The molecule has 9 heteroatoms. The highest BCUT2D eigenvalue weighted by Crippen LogP contribution is 2.36. The number of nitrogens with one attached hydrogen (secondary N) is 1. The maximum absolute atomic E-state index is 12.9. The molecule has 1 aromatic heterocycles. The van der Waals surface area contributed by atoms with Crippen molar-refractivity contribution in [2.24, 2.45) is 0 Å². The molecule has 0 bridgehead atoms. The van der Waals surface area contributed by atoms with Gasteiger partial charge in [-0.25, -0.2) is 4.98 Å². The lowest BCUT2D eigenvalue weighted by atomic mass is 10.2. The van der Waals surface area contributed by atoms with Crippen molar-refractivity contribution in [3.8, 4) is 0 Å². The Hall–Kier alpha value is -2.32. The van der Waals surface area contributed by atoms with Crippen LogP contribution in [0.25, 0.3) is 0 Å². The predicted octanol–water partition coefficient (Wildman–Crippen LogP) is 3.89. The van der Waals surface area contributed by atoms with Crippen LogP contribution in [-0.2, 0) is 6.18 Å². The average Bonchev–Trinajstić information content (AvgIpc) is 2.63. The van der Waals surface area contributed by atoms with E-state index in [4.69, 9.17) is 11.6 Å². The summed E-state index contributed by atoms with van der Waals surface area (Å²) in [6, 6.07) is 6.74. The van der Waals surface area contributed by atoms with Gasteiger partial charge in [-0.3, -0.25) is 4.79 Å². The number of hydrogen-bond donors (Lipinski definition) is 1. The maximum Gasteiger partial charge on any atom is 0.417 e. The second kappa shape index (κ2) is 7.74. The summed E-state index contributed by atoms with van der Waals surface area (Å²) in [6.45, 7) is 2.90. The molecule has 27 heavy (non-hydrogen) atoms. The van der Waals surface area contributed by atoms with Crippen LogP contribution in [0.15, 0.2) is 36.5 Å². The molecule has 1 amide bonds. The molecule has 5 nitrogen and oxygen atoms in total. The predicted molar refractivity (Wildman–Crippen MR) is 97.4 cm³/mol. The Balaban J connectivity index is 1.70. The number of aromatic nitrogens is 1. The molecule has 0 spiro atoms. The Morgan fingerprint density at radius 1 is 1.11 bits per heavy atom. The number of benzene rings is 1. The third-order valence-electron chi connectivity index (χ3n) is 4.33. The van der Waals surface area contributed by atoms with Gasteiger partial charge in [0.05, 0.1) is 22.5 Å². The molecule has 1 aliphatic heterocycles. The molecule has 0 unspecified atom stereocenters. The number of carbonyl (C=O) groups excluding carboxylic acids is 1. The van der Waals surface area contributed by atoms with E-state index in [1.54, 1.807) is 17.0 Å². The number of pyridine rings is 1. The minimum absolute atomic E-state index is 0.152. The Kier molecular flexibility index (Phi) is 5.57. The van der Waals surface area contributed by atoms with Crippen LogP contribution in [0.2, 0.25) is 5.02 Å². The van der Waals surface area contributed by atoms with Gasteiger partial charge in [-0.1, -0.05) is 11.6 Å². The van der Waals surface area contributed by atoms with Crippen molar-refractivity contribution in [1.82, 2.24) is 14.8 Å². The highest BCUT2D eigenvalue weighted by atomic mass is 35.5. The van der Waals surface area contributed by atoms with Crippen molar-refractivity contribution in [3.05, 3.63) is 52.8 Å². The number of nitrogens with zero attached hydrogens (tertiary/aromatic N) is 3. The van der Waals surface area contributed by atoms with Crippen molar-refractivity contribution in [3.63, 3.8) is 0 Å². The summed E-state index contributed by atoms with van der Waals surface area (Å²) in [7, 11) is 2.00. The second-order valence-corrected chi connectivity index (χ2v) is 6.75. The molecule has 1 aromatic carbocycles. The first-order valence-corrected chi connectivity index (χ1v) is 8.69. The van der Waals surface area contributed by atoms with Gasteiger partial charge in [0, 0.05) is 31.9 Å². The SMILES string of the molecule is CN1CCN(C(=O)c2ccc(Nc3ccc(Cl)c(C(F)(F)F)c3)cn2)CC1. The highest BCUT2D eigenvalue weighted by Gasteiger charge is 2.33. The van der Waals surface area contributed by atoms with E-state index in [1.807, 2.05) is 7.05 Å². The molecule has 1 fully saturated rings. The van der Waals surface area contributed by atoms with E-state index in [0.717, 1.165) is 19.2 Å². The third kappa shape index (κ3) is 4.70. The van der Waals surface area contributed by atoms with Crippen LogP contribution in [0.5, 0.6) is 0 Å². The van der Waals surface area contributed by atoms with Gasteiger partial charge in [0.25, 0.3) is 5.91 Å². The minimum atomic E-state index is -4.54. The molecule has 1 aliphatic rings. The zero-order valence-corrected chi connectivity index (χ0v) is 15.3. The number of carbonyl (C=O) groups is 1. The first-order chi connectivity index (χ1) is 12.7. The fraction of sp³-hybridized carbons (Fsp3) is 0.333. The van der Waals surface area contributed by atoms with Gasteiger partial charge in [0.1, 0.15) is 5.69 Å². The first kappa shape index (κ1) is 19.4. The van der Waals surface area contributed by atoms with Crippen molar-refractivity contribution >= 4 is 28.9 Å². The van der Waals surface area contributed by atoms with E-state index in [1.165, 1.54) is 18.3 Å². The Bertz CT molecular complexity index is 818. The number of alkyl halides is 3.